The Morgan fingerprint density at radius 3 is 3.00 bits per heavy atom. The van der Waals surface area contributed by atoms with Crippen molar-refractivity contribution in [2.75, 3.05) is 5.73 Å². The minimum Gasteiger partial charge on any atom is -0.455 e. The summed E-state index contributed by atoms with van der Waals surface area (Å²) in [5, 5.41) is 2.62. The quantitative estimate of drug-likeness (QED) is 0.669. The molecule has 1 aromatic heterocycles. The molecule has 88 valence electrons. The number of hydrogen-bond acceptors (Lipinski definition) is 5. The smallest absolute Gasteiger partial charge is 0.338 e. The molecule has 2 N–H and O–H groups in total. The Labute approximate surface area is 103 Å². The molecule has 0 aliphatic heterocycles. The number of rotatable bonds is 3. The molecule has 0 atom stereocenters. The number of hydrogen-bond donors (Lipinski definition) is 1. The molecule has 1 heterocycles. The maximum absolute atomic E-state index is 11.7. The van der Waals surface area contributed by atoms with Crippen LogP contribution in [0.15, 0.2) is 29.8 Å². The summed E-state index contributed by atoms with van der Waals surface area (Å²) in [5.74, 6) is -0.382. The van der Waals surface area contributed by atoms with Crippen molar-refractivity contribution in [2.45, 2.75) is 13.5 Å². The van der Waals surface area contributed by atoms with Gasteiger partial charge in [0.1, 0.15) is 11.6 Å². The largest absolute Gasteiger partial charge is 0.455 e. The lowest BCUT2D eigenvalue weighted by atomic mass is 10.1. The lowest BCUT2D eigenvalue weighted by Gasteiger charge is -2.05. The van der Waals surface area contributed by atoms with Crippen molar-refractivity contribution < 1.29 is 9.53 Å². The van der Waals surface area contributed by atoms with Crippen LogP contribution in [0.4, 0.5) is 5.69 Å². The molecular weight excluding hydrogens is 236 g/mol. The van der Waals surface area contributed by atoms with E-state index in [1.54, 1.807) is 24.4 Å². The number of carbonyl (C=O) groups is 1. The van der Waals surface area contributed by atoms with Crippen LogP contribution in [0.5, 0.6) is 0 Å². The first-order valence-corrected chi connectivity index (χ1v) is 5.96. The zero-order chi connectivity index (χ0) is 12.3. The van der Waals surface area contributed by atoms with Crippen LogP contribution in [-0.2, 0) is 11.3 Å². The van der Waals surface area contributed by atoms with Crippen LogP contribution >= 0.6 is 11.3 Å². The van der Waals surface area contributed by atoms with E-state index in [2.05, 4.69) is 4.98 Å². The molecule has 5 heteroatoms. The fraction of sp³-hybridized carbons (Fsp3) is 0.167. The molecule has 2 rings (SSSR count). The summed E-state index contributed by atoms with van der Waals surface area (Å²) >= 11 is 1.45. The van der Waals surface area contributed by atoms with Gasteiger partial charge < -0.3 is 10.5 Å². The van der Waals surface area contributed by atoms with E-state index < -0.39 is 0 Å². The minimum absolute atomic E-state index is 0.199. The highest BCUT2D eigenvalue weighted by atomic mass is 32.1. The highest BCUT2D eigenvalue weighted by Gasteiger charge is 2.09. The number of nitrogen functional groups attached to an aromatic ring is 1. The fourth-order valence-corrected chi connectivity index (χ4v) is 1.83. The molecule has 0 bridgehead atoms. The van der Waals surface area contributed by atoms with Crippen molar-refractivity contribution in [3.8, 4) is 0 Å². The summed E-state index contributed by atoms with van der Waals surface area (Å²) in [6.45, 7) is 2.09. The van der Waals surface area contributed by atoms with Crippen LogP contribution in [0.25, 0.3) is 0 Å². The molecule has 4 nitrogen and oxygen atoms in total. The first kappa shape index (κ1) is 11.6. The van der Waals surface area contributed by atoms with E-state index in [9.17, 15) is 4.79 Å². The summed E-state index contributed by atoms with van der Waals surface area (Å²) in [4.78, 5) is 15.7. The van der Waals surface area contributed by atoms with Crippen molar-refractivity contribution in [1.82, 2.24) is 4.98 Å². The molecule has 2 aromatic rings. The topological polar surface area (TPSA) is 65.2 Å². The molecule has 0 aliphatic rings. The standard InChI is InChI=1S/C12H12N2O2S/c1-8-2-3-9(6-10(8)13)12(15)16-7-11-14-4-5-17-11/h2-6H,7,13H2,1H3. The second-order valence-electron chi connectivity index (χ2n) is 3.57. The number of thiazole rings is 1. The first-order chi connectivity index (χ1) is 8.16. The van der Waals surface area contributed by atoms with Crippen molar-refractivity contribution in [3.63, 3.8) is 0 Å². The average molecular weight is 248 g/mol. The van der Waals surface area contributed by atoms with Crippen molar-refractivity contribution in [2.24, 2.45) is 0 Å². The third kappa shape index (κ3) is 2.82. The number of benzene rings is 1. The van der Waals surface area contributed by atoms with Gasteiger partial charge in [-0.25, -0.2) is 9.78 Å². The van der Waals surface area contributed by atoms with Gasteiger partial charge in [0, 0.05) is 17.3 Å². The zero-order valence-electron chi connectivity index (χ0n) is 9.34. The summed E-state index contributed by atoms with van der Waals surface area (Å²) in [6.07, 6.45) is 1.68. The molecule has 17 heavy (non-hydrogen) atoms. The van der Waals surface area contributed by atoms with Crippen LogP contribution in [-0.4, -0.2) is 11.0 Å². The molecule has 0 saturated heterocycles. The number of aryl methyl sites for hydroxylation is 1. The van der Waals surface area contributed by atoms with E-state index in [0.29, 0.717) is 11.3 Å². The Bertz CT molecular complexity index is 523. The fourth-order valence-electron chi connectivity index (χ4n) is 1.30. The van der Waals surface area contributed by atoms with E-state index in [0.717, 1.165) is 10.6 Å². The Hall–Kier alpha value is -1.88. The third-order valence-electron chi connectivity index (χ3n) is 2.33. The maximum Gasteiger partial charge on any atom is 0.338 e. The Balaban J connectivity index is 2.02. The van der Waals surface area contributed by atoms with Crippen molar-refractivity contribution in [3.05, 3.63) is 45.9 Å². The maximum atomic E-state index is 11.7. The van der Waals surface area contributed by atoms with E-state index >= 15 is 0 Å². The van der Waals surface area contributed by atoms with Gasteiger partial charge >= 0.3 is 5.97 Å². The van der Waals surface area contributed by atoms with Gasteiger partial charge in [0.2, 0.25) is 0 Å². The van der Waals surface area contributed by atoms with Crippen LogP contribution in [0.1, 0.15) is 20.9 Å². The normalized spacial score (nSPS) is 10.2. The Morgan fingerprint density at radius 1 is 1.53 bits per heavy atom. The van der Waals surface area contributed by atoms with Gasteiger partial charge in [-0.2, -0.15) is 0 Å². The summed E-state index contributed by atoms with van der Waals surface area (Å²) in [5.41, 5.74) is 7.73. The van der Waals surface area contributed by atoms with Crippen LogP contribution in [0, 0.1) is 6.92 Å². The molecule has 0 saturated carbocycles. The molecule has 0 fully saturated rings. The molecule has 0 amide bonds. The zero-order valence-corrected chi connectivity index (χ0v) is 10.2. The minimum atomic E-state index is -0.382. The Kier molecular flexibility index (Phi) is 3.39. The van der Waals surface area contributed by atoms with Crippen molar-refractivity contribution >= 4 is 23.0 Å². The van der Waals surface area contributed by atoms with Gasteiger partial charge in [-0.1, -0.05) is 6.07 Å². The van der Waals surface area contributed by atoms with E-state index in [1.165, 1.54) is 11.3 Å². The van der Waals surface area contributed by atoms with E-state index in [4.69, 9.17) is 10.5 Å². The van der Waals surface area contributed by atoms with Crippen LogP contribution in [0.2, 0.25) is 0 Å². The molecular formula is C12H12N2O2S. The monoisotopic (exact) mass is 248 g/mol. The number of aromatic nitrogens is 1. The van der Waals surface area contributed by atoms with E-state index in [-0.39, 0.29) is 12.6 Å². The van der Waals surface area contributed by atoms with Gasteiger partial charge in [0.05, 0.1) is 5.56 Å². The second-order valence-corrected chi connectivity index (χ2v) is 4.55. The number of esters is 1. The highest BCUT2D eigenvalue weighted by Crippen LogP contribution is 2.14. The first-order valence-electron chi connectivity index (χ1n) is 5.08. The number of nitrogens with two attached hydrogens (primary N) is 1. The second kappa shape index (κ2) is 4.97. The number of anilines is 1. The highest BCUT2D eigenvalue weighted by molar-refractivity contribution is 7.09. The van der Waals surface area contributed by atoms with Crippen LogP contribution < -0.4 is 5.73 Å². The molecule has 0 spiro atoms. The Morgan fingerprint density at radius 2 is 2.35 bits per heavy atom. The van der Waals surface area contributed by atoms with Gasteiger partial charge in [-0.3, -0.25) is 0 Å². The summed E-state index contributed by atoms with van der Waals surface area (Å²) in [6, 6.07) is 5.13. The van der Waals surface area contributed by atoms with Gasteiger partial charge in [-0.15, -0.1) is 11.3 Å². The summed E-state index contributed by atoms with van der Waals surface area (Å²) in [7, 11) is 0. The predicted molar refractivity (Wildman–Crippen MR) is 66.8 cm³/mol. The number of nitrogens with zero attached hydrogens (tertiary/aromatic N) is 1. The summed E-state index contributed by atoms with van der Waals surface area (Å²) < 4.78 is 5.12. The van der Waals surface area contributed by atoms with Gasteiger partial charge in [-0.05, 0) is 24.6 Å². The predicted octanol–water partition coefficient (Wildman–Crippen LogP) is 2.39. The van der Waals surface area contributed by atoms with Gasteiger partial charge in [0.15, 0.2) is 0 Å². The average Bonchev–Trinajstić information content (AvgIpc) is 2.82. The van der Waals surface area contributed by atoms with Gasteiger partial charge in [0.25, 0.3) is 0 Å². The van der Waals surface area contributed by atoms with Crippen LogP contribution in [0.3, 0.4) is 0 Å². The molecule has 0 radical (unpaired) electrons. The van der Waals surface area contributed by atoms with E-state index in [1.807, 2.05) is 12.3 Å². The lowest BCUT2D eigenvalue weighted by Crippen LogP contribution is -2.06. The molecule has 0 aliphatic carbocycles. The lowest BCUT2D eigenvalue weighted by molar-refractivity contribution is 0.0472. The molecule has 0 unspecified atom stereocenters. The third-order valence-corrected chi connectivity index (χ3v) is 3.08. The van der Waals surface area contributed by atoms with Crippen molar-refractivity contribution in [1.29, 1.82) is 0 Å². The number of ether oxygens (including phenoxy) is 1. The number of carbonyl (C=O) groups excluding carboxylic acids is 1. The molecule has 1 aromatic carbocycles. The SMILES string of the molecule is Cc1ccc(C(=O)OCc2nccs2)cc1N.